The largest absolute Gasteiger partial charge is 0.294 e. The summed E-state index contributed by atoms with van der Waals surface area (Å²) in [7, 11) is 0. The molecule has 3 rings (SSSR count). The quantitative estimate of drug-likeness (QED) is 0.927. The van der Waals surface area contributed by atoms with E-state index in [4.69, 9.17) is 11.6 Å². The molecule has 1 saturated carbocycles. The van der Waals surface area contributed by atoms with Gasteiger partial charge in [0.1, 0.15) is 11.6 Å². The highest BCUT2D eigenvalue weighted by atomic mass is 35.5. The van der Waals surface area contributed by atoms with E-state index in [1.54, 1.807) is 19.9 Å². The van der Waals surface area contributed by atoms with Crippen LogP contribution in [-0.2, 0) is 10.2 Å². The molecule has 1 aliphatic carbocycles. The fourth-order valence-corrected chi connectivity index (χ4v) is 2.76. The van der Waals surface area contributed by atoms with Gasteiger partial charge in [0.05, 0.1) is 5.41 Å². The number of hydrogen-bond acceptors (Lipinski definition) is 3. The maximum Gasteiger partial charge on any atom is 0.236 e. The van der Waals surface area contributed by atoms with Crippen molar-refractivity contribution in [3.05, 3.63) is 40.4 Å². The first-order valence-corrected chi connectivity index (χ1v) is 7.87. The second-order valence-electron chi connectivity index (χ2n) is 6.38. The monoisotopic (exact) mass is 336 g/mol. The van der Waals surface area contributed by atoms with Crippen molar-refractivity contribution in [1.82, 2.24) is 14.8 Å². The molecule has 0 aliphatic heterocycles. The molecule has 0 spiro atoms. The van der Waals surface area contributed by atoms with Crippen molar-refractivity contribution >= 4 is 23.5 Å². The van der Waals surface area contributed by atoms with Gasteiger partial charge in [0, 0.05) is 16.6 Å². The number of carbonyl (C=O) groups is 1. The van der Waals surface area contributed by atoms with E-state index in [2.05, 4.69) is 15.5 Å². The number of rotatable bonds is 4. The zero-order chi connectivity index (χ0) is 16.8. The molecule has 7 heteroatoms. The molecule has 1 fully saturated rings. The zero-order valence-electron chi connectivity index (χ0n) is 13.2. The lowest BCUT2D eigenvalue weighted by Crippen LogP contribution is -2.36. The Bertz CT molecular complexity index is 767. The van der Waals surface area contributed by atoms with Crippen molar-refractivity contribution in [3.63, 3.8) is 0 Å². The van der Waals surface area contributed by atoms with Crippen molar-refractivity contribution in [2.24, 2.45) is 0 Å². The van der Waals surface area contributed by atoms with E-state index < -0.39 is 11.2 Å². The molecule has 1 N–H and O–H groups in total. The number of nitrogens with one attached hydrogen (secondary N) is 1. The summed E-state index contributed by atoms with van der Waals surface area (Å²) < 4.78 is 16.1. The van der Waals surface area contributed by atoms with Crippen LogP contribution in [0, 0.1) is 12.7 Å². The Morgan fingerprint density at radius 1 is 1.39 bits per heavy atom. The molecule has 23 heavy (non-hydrogen) atoms. The lowest BCUT2D eigenvalue weighted by Gasteiger charge is -2.24. The summed E-state index contributed by atoms with van der Waals surface area (Å²) in [6.07, 6.45) is 2.11. The van der Waals surface area contributed by atoms with Gasteiger partial charge >= 0.3 is 0 Å². The molecule has 0 saturated heterocycles. The Labute approximate surface area is 138 Å². The predicted octanol–water partition coefficient (Wildman–Crippen LogP) is 3.63. The van der Waals surface area contributed by atoms with Crippen molar-refractivity contribution in [1.29, 1.82) is 0 Å². The van der Waals surface area contributed by atoms with E-state index in [0.29, 0.717) is 17.0 Å². The summed E-state index contributed by atoms with van der Waals surface area (Å²) in [5.41, 5.74) is -0.781. The number of halogens is 2. The average molecular weight is 337 g/mol. The highest BCUT2D eigenvalue weighted by Crippen LogP contribution is 2.38. The molecule has 1 aromatic carbocycles. The molecule has 0 bridgehead atoms. The molecule has 1 amide bonds. The summed E-state index contributed by atoms with van der Waals surface area (Å²) in [6, 6.07) is 4.67. The van der Waals surface area contributed by atoms with Crippen LogP contribution in [-0.4, -0.2) is 20.7 Å². The third-order valence-electron chi connectivity index (χ3n) is 4.18. The van der Waals surface area contributed by atoms with Gasteiger partial charge in [-0.25, -0.2) is 4.39 Å². The zero-order valence-corrected chi connectivity index (χ0v) is 14.0. The third-order valence-corrected chi connectivity index (χ3v) is 4.41. The molecule has 0 atom stereocenters. The van der Waals surface area contributed by atoms with Gasteiger partial charge in [-0.05, 0) is 45.7 Å². The van der Waals surface area contributed by atoms with E-state index in [1.165, 1.54) is 12.1 Å². The summed E-state index contributed by atoms with van der Waals surface area (Å²) in [6.45, 7) is 5.18. The number of nitrogens with zero attached hydrogens (tertiary/aromatic N) is 3. The topological polar surface area (TPSA) is 59.8 Å². The maximum absolute atomic E-state index is 14.2. The summed E-state index contributed by atoms with van der Waals surface area (Å²) in [5.74, 6) is 0.334. The molecule has 5 nitrogen and oxygen atoms in total. The molecule has 1 aromatic heterocycles. The molecule has 1 aliphatic rings. The number of benzene rings is 1. The maximum atomic E-state index is 14.2. The first kappa shape index (κ1) is 15.9. The fraction of sp³-hybridized carbons (Fsp3) is 0.438. The Hall–Kier alpha value is -1.95. The van der Waals surface area contributed by atoms with Crippen LogP contribution in [0.1, 0.15) is 44.1 Å². The molecule has 0 radical (unpaired) electrons. The van der Waals surface area contributed by atoms with Gasteiger partial charge < -0.3 is 0 Å². The van der Waals surface area contributed by atoms with E-state index in [1.807, 2.05) is 11.5 Å². The van der Waals surface area contributed by atoms with Gasteiger partial charge in [-0.3, -0.25) is 14.7 Å². The molecular formula is C16H18ClFN4O. The normalized spacial score (nSPS) is 14.8. The van der Waals surface area contributed by atoms with Crippen LogP contribution in [0.4, 0.5) is 10.3 Å². The van der Waals surface area contributed by atoms with Crippen molar-refractivity contribution in [2.75, 3.05) is 5.32 Å². The van der Waals surface area contributed by atoms with E-state index in [-0.39, 0.29) is 11.5 Å². The summed E-state index contributed by atoms with van der Waals surface area (Å²) in [5, 5.41) is 11.1. The molecule has 1 heterocycles. The Kier molecular flexibility index (Phi) is 3.88. The SMILES string of the molecule is Cc1nnc(NC(=O)C(C)(C)c2ccc(Cl)cc2F)n1C1CC1. The predicted molar refractivity (Wildman–Crippen MR) is 86.1 cm³/mol. The highest BCUT2D eigenvalue weighted by molar-refractivity contribution is 6.30. The van der Waals surface area contributed by atoms with Crippen LogP contribution in [0.2, 0.25) is 5.02 Å². The smallest absolute Gasteiger partial charge is 0.236 e. The number of aromatic nitrogens is 3. The minimum Gasteiger partial charge on any atom is -0.294 e. The number of aryl methyl sites for hydroxylation is 1. The molecule has 2 aromatic rings. The van der Waals surface area contributed by atoms with Gasteiger partial charge in [0.2, 0.25) is 11.9 Å². The minimum absolute atomic E-state index is 0.286. The van der Waals surface area contributed by atoms with Gasteiger partial charge in [-0.1, -0.05) is 17.7 Å². The Balaban J connectivity index is 1.87. The van der Waals surface area contributed by atoms with Crippen molar-refractivity contribution in [3.8, 4) is 0 Å². The first-order valence-electron chi connectivity index (χ1n) is 7.49. The van der Waals surface area contributed by atoms with Gasteiger partial charge in [0.25, 0.3) is 0 Å². The second kappa shape index (κ2) is 5.60. The summed E-state index contributed by atoms with van der Waals surface area (Å²) >= 11 is 5.78. The van der Waals surface area contributed by atoms with Crippen LogP contribution < -0.4 is 5.32 Å². The lowest BCUT2D eigenvalue weighted by atomic mass is 9.83. The molecular weight excluding hydrogens is 319 g/mol. The van der Waals surface area contributed by atoms with Crippen LogP contribution in [0.25, 0.3) is 0 Å². The van der Waals surface area contributed by atoms with E-state index in [0.717, 1.165) is 18.7 Å². The Morgan fingerprint density at radius 2 is 2.09 bits per heavy atom. The third kappa shape index (κ3) is 2.95. The van der Waals surface area contributed by atoms with E-state index in [9.17, 15) is 9.18 Å². The second-order valence-corrected chi connectivity index (χ2v) is 6.81. The van der Waals surface area contributed by atoms with Gasteiger partial charge in [-0.15, -0.1) is 10.2 Å². The number of anilines is 1. The summed E-state index contributed by atoms with van der Waals surface area (Å²) in [4.78, 5) is 12.7. The van der Waals surface area contributed by atoms with Crippen molar-refractivity contribution in [2.45, 2.75) is 45.1 Å². The van der Waals surface area contributed by atoms with Crippen LogP contribution in [0.15, 0.2) is 18.2 Å². The van der Waals surface area contributed by atoms with Gasteiger partial charge in [-0.2, -0.15) is 0 Å². The number of carbonyl (C=O) groups excluding carboxylic acids is 1. The first-order chi connectivity index (χ1) is 10.8. The van der Waals surface area contributed by atoms with Crippen LogP contribution in [0.3, 0.4) is 0 Å². The lowest BCUT2D eigenvalue weighted by molar-refractivity contribution is -0.120. The number of amides is 1. The van der Waals surface area contributed by atoms with Crippen molar-refractivity contribution < 1.29 is 9.18 Å². The van der Waals surface area contributed by atoms with Gasteiger partial charge in [0.15, 0.2) is 0 Å². The Morgan fingerprint density at radius 3 is 2.70 bits per heavy atom. The molecule has 122 valence electrons. The van der Waals surface area contributed by atoms with Crippen LogP contribution >= 0.6 is 11.6 Å². The average Bonchev–Trinajstić information content (AvgIpc) is 3.23. The van der Waals surface area contributed by atoms with Crippen LogP contribution in [0.5, 0.6) is 0 Å². The number of hydrogen-bond donors (Lipinski definition) is 1. The standard InChI is InChI=1S/C16H18ClFN4O/c1-9-20-21-15(22(9)11-5-6-11)19-14(23)16(2,3)12-7-4-10(17)8-13(12)18/h4,7-8,11H,5-6H2,1-3H3,(H,19,21,23). The fourth-order valence-electron chi connectivity index (χ4n) is 2.60. The molecule has 0 unspecified atom stereocenters. The minimum atomic E-state index is -1.07. The highest BCUT2D eigenvalue weighted by Gasteiger charge is 2.35. The van der Waals surface area contributed by atoms with E-state index >= 15 is 0 Å².